The molecule has 2 atom stereocenters. The molecule has 0 bridgehead atoms. The molecule has 2 N–H and O–H groups in total. The van der Waals surface area contributed by atoms with Gasteiger partial charge in [0.05, 0.1) is 0 Å². The van der Waals surface area contributed by atoms with Crippen LogP contribution in [0.3, 0.4) is 0 Å². The van der Waals surface area contributed by atoms with Gasteiger partial charge in [0, 0.05) is 13.5 Å². The molecule has 20 heavy (non-hydrogen) atoms. The van der Waals surface area contributed by atoms with Crippen LogP contribution >= 0.6 is 0 Å². The zero-order valence-corrected chi connectivity index (χ0v) is 12.6. The molecule has 0 aromatic heterocycles. The van der Waals surface area contributed by atoms with E-state index in [0.29, 0.717) is 13.0 Å². The number of hydrogen-bond acceptors (Lipinski definition) is 3. The van der Waals surface area contributed by atoms with Crippen LogP contribution in [0.15, 0.2) is 0 Å². The zero-order valence-electron chi connectivity index (χ0n) is 12.6. The van der Waals surface area contributed by atoms with E-state index < -0.39 is 17.6 Å². The number of hydrogen-bond donors (Lipinski definition) is 2. The molecule has 2 unspecified atom stereocenters. The summed E-state index contributed by atoms with van der Waals surface area (Å²) in [6, 6.07) is -0.677. The van der Waals surface area contributed by atoms with Gasteiger partial charge in [0.25, 0.3) is 0 Å². The van der Waals surface area contributed by atoms with Gasteiger partial charge in [-0.25, -0.2) is 4.79 Å². The smallest absolute Gasteiger partial charge is 0.329 e. The molecule has 2 amide bonds. The van der Waals surface area contributed by atoms with E-state index in [2.05, 4.69) is 5.32 Å². The van der Waals surface area contributed by atoms with E-state index in [1.54, 1.807) is 6.92 Å². The molecule has 1 saturated heterocycles. The van der Waals surface area contributed by atoms with E-state index in [9.17, 15) is 19.5 Å². The summed E-state index contributed by atoms with van der Waals surface area (Å²) < 4.78 is 0. The van der Waals surface area contributed by atoms with Crippen LogP contribution < -0.4 is 5.32 Å². The number of likely N-dealkylation sites (tertiary alicyclic amines) is 1. The van der Waals surface area contributed by atoms with Crippen molar-refractivity contribution < 1.29 is 19.5 Å². The minimum atomic E-state index is -1.18. The molecular weight excluding hydrogens is 260 g/mol. The van der Waals surface area contributed by atoms with Crippen LogP contribution in [0.1, 0.15) is 47.0 Å². The summed E-state index contributed by atoms with van der Waals surface area (Å²) in [5, 5.41) is 12.1. The predicted molar refractivity (Wildman–Crippen MR) is 74.0 cm³/mol. The van der Waals surface area contributed by atoms with E-state index in [0.717, 1.165) is 12.8 Å². The second kappa shape index (κ2) is 6.24. The SMILES string of the molecule is CC(=O)NC(C(=O)N1CCCCC1(C)C(=O)O)C(C)C. The Bertz CT molecular complexity index is 408. The fourth-order valence-electron chi connectivity index (χ4n) is 2.60. The third-order valence-corrected chi connectivity index (χ3v) is 3.91. The standard InChI is InChI=1S/C14H24N2O4/c1-9(2)11(15-10(3)17)12(18)16-8-6-5-7-14(16,4)13(19)20/h9,11H,5-8H2,1-4H3,(H,15,17)(H,19,20). The highest BCUT2D eigenvalue weighted by Gasteiger charge is 2.46. The number of carboxylic acids is 1. The van der Waals surface area contributed by atoms with Gasteiger partial charge in [0.15, 0.2) is 0 Å². The first-order chi connectivity index (χ1) is 9.20. The minimum Gasteiger partial charge on any atom is -0.480 e. The lowest BCUT2D eigenvalue weighted by Crippen LogP contribution is -2.62. The van der Waals surface area contributed by atoms with Crippen LogP contribution in [-0.2, 0) is 14.4 Å². The Morgan fingerprint density at radius 3 is 2.30 bits per heavy atom. The summed E-state index contributed by atoms with van der Waals surface area (Å²) in [5.41, 5.74) is -1.18. The van der Waals surface area contributed by atoms with Crippen molar-refractivity contribution in [1.29, 1.82) is 0 Å². The third-order valence-electron chi connectivity index (χ3n) is 3.91. The number of carbonyl (C=O) groups excluding carboxylic acids is 2. The van der Waals surface area contributed by atoms with Gasteiger partial charge < -0.3 is 15.3 Å². The van der Waals surface area contributed by atoms with Crippen LogP contribution in [0.5, 0.6) is 0 Å². The Morgan fingerprint density at radius 2 is 1.85 bits per heavy atom. The average molecular weight is 284 g/mol. The summed E-state index contributed by atoms with van der Waals surface area (Å²) in [4.78, 5) is 36.8. The molecule has 6 heteroatoms. The van der Waals surface area contributed by atoms with Crippen LogP contribution in [0.4, 0.5) is 0 Å². The van der Waals surface area contributed by atoms with Gasteiger partial charge in [0.2, 0.25) is 11.8 Å². The van der Waals surface area contributed by atoms with E-state index in [4.69, 9.17) is 0 Å². The van der Waals surface area contributed by atoms with Gasteiger partial charge in [-0.1, -0.05) is 13.8 Å². The summed E-state index contributed by atoms with van der Waals surface area (Å²) in [5.74, 6) is -1.67. The highest BCUT2D eigenvalue weighted by molar-refractivity contribution is 5.92. The van der Waals surface area contributed by atoms with E-state index in [-0.39, 0.29) is 17.7 Å². The predicted octanol–water partition coefficient (Wildman–Crippen LogP) is 1.00. The van der Waals surface area contributed by atoms with Crippen molar-refractivity contribution in [2.24, 2.45) is 5.92 Å². The molecule has 1 aliphatic rings. The molecular formula is C14H24N2O4. The third kappa shape index (κ3) is 3.29. The summed E-state index contributed by atoms with van der Waals surface area (Å²) in [6.07, 6.45) is 2.03. The maximum absolute atomic E-state index is 12.6. The first-order valence-electron chi connectivity index (χ1n) is 7.02. The molecule has 0 aromatic carbocycles. The Labute approximate surface area is 119 Å². The van der Waals surface area contributed by atoms with Crippen molar-refractivity contribution in [3.8, 4) is 0 Å². The highest BCUT2D eigenvalue weighted by atomic mass is 16.4. The van der Waals surface area contributed by atoms with Crippen molar-refractivity contribution in [2.75, 3.05) is 6.54 Å². The van der Waals surface area contributed by atoms with Crippen molar-refractivity contribution in [3.05, 3.63) is 0 Å². The minimum absolute atomic E-state index is 0.0913. The number of rotatable bonds is 4. The topological polar surface area (TPSA) is 86.7 Å². The van der Waals surface area contributed by atoms with E-state index in [1.807, 2.05) is 13.8 Å². The second-order valence-electron chi connectivity index (χ2n) is 5.95. The fraction of sp³-hybridized carbons (Fsp3) is 0.786. The van der Waals surface area contributed by atoms with E-state index in [1.165, 1.54) is 11.8 Å². The van der Waals surface area contributed by atoms with E-state index >= 15 is 0 Å². The molecule has 1 aliphatic heterocycles. The molecule has 1 heterocycles. The molecule has 114 valence electrons. The maximum Gasteiger partial charge on any atom is 0.329 e. The lowest BCUT2D eigenvalue weighted by Gasteiger charge is -2.43. The Morgan fingerprint density at radius 1 is 1.25 bits per heavy atom. The largest absolute Gasteiger partial charge is 0.480 e. The normalized spacial score (nSPS) is 24.4. The van der Waals surface area contributed by atoms with Gasteiger partial charge in [-0.05, 0) is 32.1 Å². The number of nitrogens with zero attached hydrogens (tertiary/aromatic N) is 1. The first kappa shape index (κ1) is 16.5. The molecule has 1 rings (SSSR count). The Kier molecular flexibility index (Phi) is 5.14. The number of piperidine rings is 1. The molecule has 0 saturated carbocycles. The van der Waals surface area contributed by atoms with Crippen molar-refractivity contribution >= 4 is 17.8 Å². The maximum atomic E-state index is 12.6. The summed E-state index contributed by atoms with van der Waals surface area (Å²) in [6.45, 7) is 7.03. The monoisotopic (exact) mass is 284 g/mol. The number of nitrogens with one attached hydrogen (secondary N) is 1. The van der Waals surface area contributed by atoms with Crippen LogP contribution in [0.2, 0.25) is 0 Å². The number of carbonyl (C=O) groups is 3. The van der Waals surface area contributed by atoms with Gasteiger partial charge >= 0.3 is 5.97 Å². The number of carboxylic acid groups (broad SMARTS) is 1. The lowest BCUT2D eigenvalue weighted by molar-refractivity contribution is -0.162. The molecule has 0 aliphatic carbocycles. The van der Waals surface area contributed by atoms with Crippen molar-refractivity contribution in [2.45, 2.75) is 58.5 Å². The van der Waals surface area contributed by atoms with Crippen LogP contribution in [0, 0.1) is 5.92 Å². The Balaban J connectivity index is 3.01. The highest BCUT2D eigenvalue weighted by Crippen LogP contribution is 2.29. The van der Waals surface area contributed by atoms with Gasteiger partial charge in [-0.3, -0.25) is 9.59 Å². The average Bonchev–Trinajstić information content (AvgIpc) is 2.35. The molecule has 0 radical (unpaired) electrons. The summed E-state index contributed by atoms with van der Waals surface area (Å²) in [7, 11) is 0. The van der Waals surface area contributed by atoms with Gasteiger partial charge in [-0.15, -0.1) is 0 Å². The number of aliphatic carboxylic acids is 1. The molecule has 0 spiro atoms. The molecule has 1 fully saturated rings. The van der Waals surface area contributed by atoms with Gasteiger partial charge in [0.1, 0.15) is 11.6 Å². The Hall–Kier alpha value is -1.59. The van der Waals surface area contributed by atoms with Crippen molar-refractivity contribution in [1.82, 2.24) is 10.2 Å². The van der Waals surface area contributed by atoms with Crippen LogP contribution in [-0.4, -0.2) is 45.9 Å². The fourth-order valence-corrected chi connectivity index (χ4v) is 2.60. The quantitative estimate of drug-likeness (QED) is 0.806. The lowest BCUT2D eigenvalue weighted by atomic mass is 9.87. The van der Waals surface area contributed by atoms with Crippen molar-refractivity contribution in [3.63, 3.8) is 0 Å². The first-order valence-corrected chi connectivity index (χ1v) is 7.02. The molecule has 6 nitrogen and oxygen atoms in total. The molecule has 0 aromatic rings. The second-order valence-corrected chi connectivity index (χ2v) is 5.95. The summed E-state index contributed by atoms with van der Waals surface area (Å²) >= 11 is 0. The van der Waals surface area contributed by atoms with Crippen LogP contribution in [0.25, 0.3) is 0 Å². The van der Waals surface area contributed by atoms with Gasteiger partial charge in [-0.2, -0.15) is 0 Å². The zero-order chi connectivity index (χ0) is 15.5. The number of amides is 2.